The lowest BCUT2D eigenvalue weighted by atomic mass is 9.86. The van der Waals surface area contributed by atoms with Crippen LogP contribution in [0.5, 0.6) is 5.88 Å². The van der Waals surface area contributed by atoms with Gasteiger partial charge in [-0.15, -0.1) is 0 Å². The highest BCUT2D eigenvalue weighted by Crippen LogP contribution is 2.30. The van der Waals surface area contributed by atoms with Gasteiger partial charge in [0.2, 0.25) is 5.88 Å². The standard InChI is InChI=1S/C17H19Cl2N3O2/c1-10-4-2-3-5-14(10)22-15(23)8-24-17-12-6-11(18)7-13(19)16(12)20-9-21-17/h6-7,9-10,14H,2-5,8H2,1H3,(H,22,23). The molecule has 5 nitrogen and oxygen atoms in total. The number of ether oxygens (including phenoxy) is 1. The van der Waals surface area contributed by atoms with Crippen molar-refractivity contribution in [2.75, 3.05) is 6.61 Å². The second-order valence-electron chi connectivity index (χ2n) is 6.19. The van der Waals surface area contributed by atoms with Crippen LogP contribution in [0.25, 0.3) is 10.9 Å². The van der Waals surface area contributed by atoms with Gasteiger partial charge in [-0.2, -0.15) is 0 Å². The van der Waals surface area contributed by atoms with E-state index in [1.807, 2.05) is 0 Å². The highest BCUT2D eigenvalue weighted by atomic mass is 35.5. The summed E-state index contributed by atoms with van der Waals surface area (Å²) in [6.07, 6.45) is 5.93. The van der Waals surface area contributed by atoms with Gasteiger partial charge in [0, 0.05) is 11.1 Å². The predicted octanol–water partition coefficient (Wildman–Crippen LogP) is 4.01. The van der Waals surface area contributed by atoms with Crippen LogP contribution >= 0.6 is 23.2 Å². The Labute approximate surface area is 150 Å². The number of nitrogens with zero attached hydrogens (tertiary/aromatic N) is 2. The van der Waals surface area contributed by atoms with Gasteiger partial charge in [-0.25, -0.2) is 9.97 Å². The molecule has 0 radical (unpaired) electrons. The van der Waals surface area contributed by atoms with Crippen molar-refractivity contribution in [3.05, 3.63) is 28.5 Å². The molecule has 2 aromatic rings. The van der Waals surface area contributed by atoms with Crippen LogP contribution in [-0.2, 0) is 4.79 Å². The number of benzene rings is 1. The van der Waals surface area contributed by atoms with Crippen molar-refractivity contribution in [3.63, 3.8) is 0 Å². The zero-order chi connectivity index (χ0) is 17.1. The number of aromatic nitrogens is 2. The molecule has 0 spiro atoms. The van der Waals surface area contributed by atoms with Crippen LogP contribution in [0.1, 0.15) is 32.6 Å². The monoisotopic (exact) mass is 367 g/mol. The maximum atomic E-state index is 12.2. The zero-order valence-corrected chi connectivity index (χ0v) is 14.9. The zero-order valence-electron chi connectivity index (χ0n) is 13.4. The van der Waals surface area contributed by atoms with Gasteiger partial charge in [-0.1, -0.05) is 43.0 Å². The topological polar surface area (TPSA) is 64.1 Å². The number of nitrogens with one attached hydrogen (secondary N) is 1. The summed E-state index contributed by atoms with van der Waals surface area (Å²) in [5.74, 6) is 0.657. The quantitative estimate of drug-likeness (QED) is 0.886. The second-order valence-corrected chi connectivity index (χ2v) is 7.03. The molecule has 1 aliphatic carbocycles. The van der Waals surface area contributed by atoms with Crippen LogP contribution in [0.3, 0.4) is 0 Å². The van der Waals surface area contributed by atoms with Crippen LogP contribution < -0.4 is 10.1 Å². The first-order valence-electron chi connectivity index (χ1n) is 8.06. The molecular formula is C17H19Cl2N3O2. The van der Waals surface area contributed by atoms with E-state index in [1.54, 1.807) is 12.1 Å². The maximum Gasteiger partial charge on any atom is 0.258 e. The number of carbonyl (C=O) groups excluding carboxylic acids is 1. The molecule has 0 bridgehead atoms. The lowest BCUT2D eigenvalue weighted by Gasteiger charge is -2.29. The van der Waals surface area contributed by atoms with E-state index in [9.17, 15) is 4.79 Å². The minimum atomic E-state index is -0.145. The van der Waals surface area contributed by atoms with Crippen LogP contribution in [0, 0.1) is 5.92 Å². The van der Waals surface area contributed by atoms with Gasteiger partial charge in [0.25, 0.3) is 5.91 Å². The molecule has 1 aromatic heterocycles. The number of carbonyl (C=O) groups is 1. The van der Waals surface area contributed by atoms with E-state index in [2.05, 4.69) is 22.2 Å². The molecule has 1 N–H and O–H groups in total. The SMILES string of the molecule is CC1CCCCC1NC(=O)COc1ncnc2c(Cl)cc(Cl)cc12. The minimum Gasteiger partial charge on any atom is -0.467 e. The second kappa shape index (κ2) is 7.53. The van der Waals surface area contributed by atoms with Gasteiger partial charge in [-0.05, 0) is 30.9 Å². The van der Waals surface area contributed by atoms with E-state index in [0.717, 1.165) is 19.3 Å². The number of fused-ring (bicyclic) bond motifs is 1. The minimum absolute atomic E-state index is 0.0978. The molecule has 3 rings (SSSR count). The van der Waals surface area contributed by atoms with Gasteiger partial charge in [0.1, 0.15) is 6.33 Å². The largest absolute Gasteiger partial charge is 0.467 e. The summed E-state index contributed by atoms with van der Waals surface area (Å²) < 4.78 is 5.59. The van der Waals surface area contributed by atoms with Crippen molar-refractivity contribution >= 4 is 40.0 Å². The fourth-order valence-corrected chi connectivity index (χ4v) is 3.64. The summed E-state index contributed by atoms with van der Waals surface area (Å²) >= 11 is 12.2. The van der Waals surface area contributed by atoms with Crippen LogP contribution in [0.4, 0.5) is 0 Å². The molecule has 1 fully saturated rings. The van der Waals surface area contributed by atoms with Gasteiger partial charge in [-0.3, -0.25) is 4.79 Å². The molecule has 7 heteroatoms. The number of hydrogen-bond donors (Lipinski definition) is 1. The first kappa shape index (κ1) is 17.2. The number of halogens is 2. The summed E-state index contributed by atoms with van der Waals surface area (Å²) in [5, 5.41) is 4.53. The average molecular weight is 368 g/mol. The van der Waals surface area contributed by atoms with Crippen molar-refractivity contribution in [1.82, 2.24) is 15.3 Å². The lowest BCUT2D eigenvalue weighted by Crippen LogP contribution is -2.43. The molecule has 1 aromatic carbocycles. The van der Waals surface area contributed by atoms with E-state index in [1.165, 1.54) is 12.7 Å². The smallest absolute Gasteiger partial charge is 0.258 e. The summed E-state index contributed by atoms with van der Waals surface area (Å²) in [6.45, 7) is 2.08. The maximum absolute atomic E-state index is 12.2. The average Bonchev–Trinajstić information content (AvgIpc) is 2.55. The van der Waals surface area contributed by atoms with Crippen LogP contribution in [-0.4, -0.2) is 28.5 Å². The molecule has 128 valence electrons. The Kier molecular flexibility index (Phi) is 5.41. The fraction of sp³-hybridized carbons (Fsp3) is 0.471. The third-order valence-electron chi connectivity index (χ3n) is 4.42. The van der Waals surface area contributed by atoms with Gasteiger partial charge in [0.05, 0.1) is 15.9 Å². The highest BCUT2D eigenvalue weighted by Gasteiger charge is 2.23. The van der Waals surface area contributed by atoms with E-state index in [-0.39, 0.29) is 18.6 Å². The first-order chi connectivity index (χ1) is 11.5. The van der Waals surface area contributed by atoms with E-state index in [0.29, 0.717) is 32.7 Å². The molecular weight excluding hydrogens is 349 g/mol. The van der Waals surface area contributed by atoms with E-state index >= 15 is 0 Å². The Hall–Kier alpha value is -1.59. The molecule has 0 aliphatic heterocycles. The molecule has 24 heavy (non-hydrogen) atoms. The molecule has 1 heterocycles. The molecule has 1 amide bonds. The fourth-order valence-electron chi connectivity index (χ4n) is 3.10. The van der Waals surface area contributed by atoms with Crippen molar-refractivity contribution in [2.45, 2.75) is 38.6 Å². The normalized spacial score (nSPS) is 20.8. The molecule has 2 unspecified atom stereocenters. The van der Waals surface area contributed by atoms with Gasteiger partial charge >= 0.3 is 0 Å². The molecule has 0 saturated heterocycles. The number of hydrogen-bond acceptors (Lipinski definition) is 4. The van der Waals surface area contributed by atoms with Crippen molar-refractivity contribution < 1.29 is 9.53 Å². The van der Waals surface area contributed by atoms with E-state index in [4.69, 9.17) is 27.9 Å². The summed E-state index contributed by atoms with van der Waals surface area (Å²) in [5.41, 5.74) is 0.548. The number of rotatable bonds is 4. The van der Waals surface area contributed by atoms with E-state index < -0.39 is 0 Å². The third kappa shape index (κ3) is 3.90. The Morgan fingerprint density at radius 1 is 1.29 bits per heavy atom. The summed E-state index contributed by atoms with van der Waals surface area (Å²) in [4.78, 5) is 20.4. The Morgan fingerprint density at radius 2 is 2.08 bits per heavy atom. The third-order valence-corrected chi connectivity index (χ3v) is 4.92. The Balaban J connectivity index is 1.68. The van der Waals surface area contributed by atoms with Crippen LogP contribution in [0.15, 0.2) is 18.5 Å². The van der Waals surface area contributed by atoms with Crippen molar-refractivity contribution in [1.29, 1.82) is 0 Å². The van der Waals surface area contributed by atoms with Crippen LogP contribution in [0.2, 0.25) is 10.0 Å². The first-order valence-corrected chi connectivity index (χ1v) is 8.82. The number of amides is 1. The molecule has 1 aliphatic rings. The van der Waals surface area contributed by atoms with Gasteiger partial charge < -0.3 is 10.1 Å². The lowest BCUT2D eigenvalue weighted by molar-refractivity contribution is -0.124. The van der Waals surface area contributed by atoms with Crippen molar-refractivity contribution in [3.8, 4) is 5.88 Å². The summed E-state index contributed by atoms with van der Waals surface area (Å²) in [6, 6.07) is 3.51. The Morgan fingerprint density at radius 3 is 2.88 bits per heavy atom. The Bertz CT molecular complexity index is 754. The highest BCUT2D eigenvalue weighted by molar-refractivity contribution is 6.38. The predicted molar refractivity (Wildman–Crippen MR) is 94.6 cm³/mol. The van der Waals surface area contributed by atoms with Crippen molar-refractivity contribution in [2.24, 2.45) is 5.92 Å². The summed E-state index contributed by atoms with van der Waals surface area (Å²) in [7, 11) is 0. The molecule has 2 atom stereocenters. The van der Waals surface area contributed by atoms with Gasteiger partial charge in [0.15, 0.2) is 6.61 Å². The molecule has 1 saturated carbocycles.